The van der Waals surface area contributed by atoms with Gasteiger partial charge in [-0.25, -0.2) is 0 Å². The van der Waals surface area contributed by atoms with Crippen LogP contribution in [0.15, 0.2) is 10.5 Å². The van der Waals surface area contributed by atoms with Crippen molar-refractivity contribution < 1.29 is 13.9 Å². The highest BCUT2D eigenvalue weighted by Gasteiger charge is 2.14. The molecule has 0 spiro atoms. The van der Waals surface area contributed by atoms with Gasteiger partial charge < -0.3 is 13.9 Å². The monoisotopic (exact) mass is 170 g/mol. The largest absolute Gasteiger partial charge is 0.461 e. The summed E-state index contributed by atoms with van der Waals surface area (Å²) in [5.41, 5.74) is 1.11. The maximum absolute atomic E-state index is 5.41. The molecule has 68 valence electrons. The van der Waals surface area contributed by atoms with Gasteiger partial charge in [0, 0.05) is 14.2 Å². The molecule has 0 saturated heterocycles. The molecule has 0 N–H and O–H groups in total. The Hall–Kier alpha value is -0.800. The Morgan fingerprint density at radius 2 is 1.83 bits per heavy atom. The van der Waals surface area contributed by atoms with E-state index in [0.29, 0.717) is 0 Å². The fourth-order valence-corrected chi connectivity index (χ4v) is 1.05. The van der Waals surface area contributed by atoms with Crippen molar-refractivity contribution in [1.82, 2.24) is 0 Å². The summed E-state index contributed by atoms with van der Waals surface area (Å²) >= 11 is 0. The minimum Gasteiger partial charge on any atom is -0.461 e. The minimum absolute atomic E-state index is 0.391. The Kier molecular flexibility index (Phi) is 2.89. The first-order valence-electron chi connectivity index (χ1n) is 3.81. The van der Waals surface area contributed by atoms with Crippen molar-refractivity contribution in [2.24, 2.45) is 0 Å². The van der Waals surface area contributed by atoms with E-state index in [0.717, 1.165) is 17.1 Å². The van der Waals surface area contributed by atoms with Gasteiger partial charge in [0.2, 0.25) is 6.29 Å². The summed E-state index contributed by atoms with van der Waals surface area (Å²) in [6.07, 6.45) is -0.391. The van der Waals surface area contributed by atoms with E-state index in [1.54, 1.807) is 14.2 Å². The SMILES string of the molecule is COC(OC)c1cc(C)c(C)o1. The lowest BCUT2D eigenvalue weighted by molar-refractivity contribution is -0.118. The van der Waals surface area contributed by atoms with E-state index in [1.807, 2.05) is 19.9 Å². The molecular formula is C9H14O3. The van der Waals surface area contributed by atoms with Crippen molar-refractivity contribution in [3.8, 4) is 0 Å². The molecule has 0 bridgehead atoms. The highest BCUT2D eigenvalue weighted by atomic mass is 16.7. The second kappa shape index (κ2) is 3.74. The average Bonchev–Trinajstić information content (AvgIpc) is 2.35. The molecule has 0 aliphatic heterocycles. The van der Waals surface area contributed by atoms with Gasteiger partial charge in [-0.15, -0.1) is 0 Å². The Bertz CT molecular complexity index is 229. The van der Waals surface area contributed by atoms with Crippen LogP contribution in [0.3, 0.4) is 0 Å². The summed E-state index contributed by atoms with van der Waals surface area (Å²) in [5.74, 6) is 1.62. The molecule has 0 amide bonds. The molecule has 3 nitrogen and oxygen atoms in total. The van der Waals surface area contributed by atoms with Crippen LogP contribution in [0, 0.1) is 13.8 Å². The zero-order valence-corrected chi connectivity index (χ0v) is 7.88. The van der Waals surface area contributed by atoms with Gasteiger partial charge in [0.1, 0.15) is 5.76 Å². The third-order valence-corrected chi connectivity index (χ3v) is 1.85. The van der Waals surface area contributed by atoms with Crippen molar-refractivity contribution in [2.45, 2.75) is 20.1 Å². The Balaban J connectivity index is 2.86. The van der Waals surface area contributed by atoms with Gasteiger partial charge >= 0.3 is 0 Å². The lowest BCUT2D eigenvalue weighted by atomic mass is 10.3. The standard InChI is InChI=1S/C9H14O3/c1-6-5-8(12-7(6)2)9(10-3)11-4/h5,9H,1-4H3. The van der Waals surface area contributed by atoms with Gasteiger partial charge in [-0.3, -0.25) is 0 Å². The zero-order chi connectivity index (χ0) is 9.14. The summed E-state index contributed by atoms with van der Waals surface area (Å²) < 4.78 is 15.5. The lowest BCUT2D eigenvalue weighted by Crippen LogP contribution is -2.01. The first-order valence-corrected chi connectivity index (χ1v) is 3.81. The van der Waals surface area contributed by atoms with Crippen LogP contribution in [0.1, 0.15) is 23.4 Å². The zero-order valence-electron chi connectivity index (χ0n) is 7.88. The third kappa shape index (κ3) is 1.68. The molecule has 0 unspecified atom stereocenters. The van der Waals surface area contributed by atoms with E-state index < -0.39 is 6.29 Å². The van der Waals surface area contributed by atoms with E-state index >= 15 is 0 Å². The van der Waals surface area contributed by atoms with Gasteiger partial charge in [0.25, 0.3) is 0 Å². The van der Waals surface area contributed by atoms with E-state index in [1.165, 1.54) is 0 Å². The quantitative estimate of drug-likeness (QED) is 0.651. The molecule has 0 radical (unpaired) electrons. The van der Waals surface area contributed by atoms with Crippen LogP contribution in [0.5, 0.6) is 0 Å². The average molecular weight is 170 g/mol. The number of ether oxygens (including phenoxy) is 2. The molecule has 0 fully saturated rings. The molecule has 1 rings (SSSR count). The fraction of sp³-hybridized carbons (Fsp3) is 0.556. The van der Waals surface area contributed by atoms with Crippen molar-refractivity contribution in [3.05, 3.63) is 23.2 Å². The predicted molar refractivity (Wildman–Crippen MR) is 44.9 cm³/mol. The van der Waals surface area contributed by atoms with Crippen LogP contribution >= 0.6 is 0 Å². The van der Waals surface area contributed by atoms with Gasteiger partial charge in [-0.05, 0) is 25.5 Å². The molecule has 1 heterocycles. The molecule has 1 aromatic rings. The summed E-state index contributed by atoms with van der Waals surface area (Å²) in [5, 5.41) is 0. The van der Waals surface area contributed by atoms with Crippen LogP contribution < -0.4 is 0 Å². The molecule has 0 atom stereocenters. The topological polar surface area (TPSA) is 31.6 Å². The molecule has 1 aromatic heterocycles. The molecule has 0 aliphatic rings. The Morgan fingerprint density at radius 1 is 1.25 bits per heavy atom. The van der Waals surface area contributed by atoms with E-state index in [9.17, 15) is 0 Å². The number of furan rings is 1. The smallest absolute Gasteiger partial charge is 0.216 e. The predicted octanol–water partition coefficient (Wildman–Crippen LogP) is 2.19. The molecule has 12 heavy (non-hydrogen) atoms. The fourth-order valence-electron chi connectivity index (χ4n) is 1.05. The van der Waals surface area contributed by atoms with Crippen LogP contribution in [0.4, 0.5) is 0 Å². The molecule has 0 aliphatic carbocycles. The second-order valence-electron chi connectivity index (χ2n) is 2.69. The molecule has 0 saturated carbocycles. The van der Waals surface area contributed by atoms with E-state index in [4.69, 9.17) is 13.9 Å². The minimum atomic E-state index is -0.391. The van der Waals surface area contributed by atoms with Crippen molar-refractivity contribution in [2.75, 3.05) is 14.2 Å². The first-order chi connectivity index (χ1) is 5.69. The number of rotatable bonds is 3. The molecular weight excluding hydrogens is 156 g/mol. The first kappa shape index (κ1) is 9.29. The summed E-state index contributed by atoms with van der Waals surface area (Å²) in [4.78, 5) is 0. The van der Waals surface area contributed by atoms with Gasteiger partial charge in [0.05, 0.1) is 0 Å². The summed E-state index contributed by atoms with van der Waals surface area (Å²) in [6, 6.07) is 1.92. The molecule has 0 aromatic carbocycles. The number of hydrogen-bond acceptors (Lipinski definition) is 3. The summed E-state index contributed by atoms with van der Waals surface area (Å²) in [7, 11) is 3.17. The maximum atomic E-state index is 5.41. The third-order valence-electron chi connectivity index (χ3n) is 1.85. The molecule has 3 heteroatoms. The normalized spacial score (nSPS) is 11.1. The van der Waals surface area contributed by atoms with E-state index in [2.05, 4.69) is 0 Å². The highest BCUT2D eigenvalue weighted by Crippen LogP contribution is 2.22. The van der Waals surface area contributed by atoms with Gasteiger partial charge in [0.15, 0.2) is 5.76 Å². The number of hydrogen-bond donors (Lipinski definition) is 0. The second-order valence-corrected chi connectivity index (χ2v) is 2.69. The van der Waals surface area contributed by atoms with Gasteiger partial charge in [-0.1, -0.05) is 0 Å². The van der Waals surface area contributed by atoms with Crippen molar-refractivity contribution in [3.63, 3.8) is 0 Å². The van der Waals surface area contributed by atoms with Crippen LogP contribution in [0.2, 0.25) is 0 Å². The maximum Gasteiger partial charge on any atom is 0.216 e. The lowest BCUT2D eigenvalue weighted by Gasteiger charge is -2.09. The number of methoxy groups -OCH3 is 2. The Morgan fingerprint density at radius 3 is 2.17 bits per heavy atom. The Labute approximate surface area is 72.3 Å². The van der Waals surface area contributed by atoms with E-state index in [-0.39, 0.29) is 0 Å². The highest BCUT2D eigenvalue weighted by molar-refractivity contribution is 5.19. The van der Waals surface area contributed by atoms with Crippen LogP contribution in [0.25, 0.3) is 0 Å². The van der Waals surface area contributed by atoms with Crippen molar-refractivity contribution >= 4 is 0 Å². The number of aryl methyl sites for hydroxylation is 2. The van der Waals surface area contributed by atoms with Gasteiger partial charge in [-0.2, -0.15) is 0 Å². The van der Waals surface area contributed by atoms with Crippen LogP contribution in [-0.2, 0) is 9.47 Å². The van der Waals surface area contributed by atoms with Crippen LogP contribution in [-0.4, -0.2) is 14.2 Å². The summed E-state index contributed by atoms with van der Waals surface area (Å²) in [6.45, 7) is 3.91. The van der Waals surface area contributed by atoms with Crippen molar-refractivity contribution in [1.29, 1.82) is 0 Å².